The highest BCUT2D eigenvalue weighted by Gasteiger charge is 2.27. The largest absolute Gasteiger partial charge is 0.454 e. The lowest BCUT2D eigenvalue weighted by atomic mass is 9.93. The van der Waals surface area contributed by atoms with Gasteiger partial charge in [0.15, 0.2) is 11.5 Å². The number of amides is 1. The first-order valence-corrected chi connectivity index (χ1v) is 7.94. The first-order chi connectivity index (χ1) is 11.9. The fourth-order valence-corrected chi connectivity index (χ4v) is 2.95. The van der Waals surface area contributed by atoms with E-state index in [1.807, 2.05) is 32.0 Å². The van der Waals surface area contributed by atoms with Crippen molar-refractivity contribution in [3.05, 3.63) is 59.5 Å². The van der Waals surface area contributed by atoms with Gasteiger partial charge in [-0.3, -0.25) is 4.79 Å². The Morgan fingerprint density at radius 3 is 2.76 bits per heavy atom. The van der Waals surface area contributed by atoms with Crippen LogP contribution in [0.5, 0.6) is 11.5 Å². The monoisotopic (exact) mass is 340 g/mol. The molecule has 6 heteroatoms. The van der Waals surface area contributed by atoms with Crippen molar-refractivity contribution in [3.63, 3.8) is 0 Å². The lowest BCUT2D eigenvalue weighted by Crippen LogP contribution is -2.41. The van der Waals surface area contributed by atoms with E-state index in [0.29, 0.717) is 28.1 Å². The van der Waals surface area contributed by atoms with Gasteiger partial charge >= 0.3 is 0 Å². The zero-order valence-corrected chi connectivity index (χ0v) is 13.9. The number of aromatic amines is 1. The molecule has 0 atom stereocenters. The van der Waals surface area contributed by atoms with Crippen LogP contribution in [0, 0.1) is 5.82 Å². The van der Waals surface area contributed by atoms with Crippen LogP contribution in [0.1, 0.15) is 29.9 Å². The minimum absolute atomic E-state index is 0.201. The molecule has 0 aliphatic carbocycles. The normalized spacial score (nSPS) is 13.2. The third kappa shape index (κ3) is 2.69. The zero-order valence-electron chi connectivity index (χ0n) is 13.9. The Morgan fingerprint density at radius 2 is 1.96 bits per heavy atom. The molecule has 1 aromatic heterocycles. The Hall–Kier alpha value is -3.02. The molecule has 0 bridgehead atoms. The smallest absolute Gasteiger partial charge is 0.268 e. The molecule has 2 N–H and O–H groups in total. The van der Waals surface area contributed by atoms with E-state index in [2.05, 4.69) is 10.3 Å². The van der Waals surface area contributed by atoms with Gasteiger partial charge in [0.25, 0.3) is 5.91 Å². The van der Waals surface area contributed by atoms with Crippen molar-refractivity contribution >= 4 is 16.8 Å². The second kappa shape index (κ2) is 5.51. The number of carbonyl (C=O) groups excluding carboxylic acids is 1. The van der Waals surface area contributed by atoms with Gasteiger partial charge in [0, 0.05) is 10.9 Å². The molecule has 1 aliphatic rings. The third-order valence-corrected chi connectivity index (χ3v) is 4.38. The van der Waals surface area contributed by atoms with E-state index in [0.717, 1.165) is 5.56 Å². The molecule has 25 heavy (non-hydrogen) atoms. The fourth-order valence-electron chi connectivity index (χ4n) is 2.95. The molecule has 0 unspecified atom stereocenters. The number of hydrogen-bond donors (Lipinski definition) is 2. The van der Waals surface area contributed by atoms with Crippen LogP contribution >= 0.6 is 0 Å². The third-order valence-electron chi connectivity index (χ3n) is 4.38. The number of carbonyl (C=O) groups is 1. The lowest BCUT2D eigenvalue weighted by Gasteiger charge is -2.27. The van der Waals surface area contributed by atoms with Gasteiger partial charge in [-0.15, -0.1) is 0 Å². The number of hydrogen-bond acceptors (Lipinski definition) is 3. The molecule has 2 heterocycles. The van der Waals surface area contributed by atoms with Crippen molar-refractivity contribution in [1.29, 1.82) is 0 Å². The first-order valence-electron chi connectivity index (χ1n) is 7.94. The number of aromatic nitrogens is 1. The molecule has 0 saturated carbocycles. The van der Waals surface area contributed by atoms with E-state index in [1.54, 1.807) is 12.1 Å². The molecule has 0 radical (unpaired) electrons. The summed E-state index contributed by atoms with van der Waals surface area (Å²) in [6.07, 6.45) is 0. The highest BCUT2D eigenvalue weighted by molar-refractivity contribution is 5.98. The van der Waals surface area contributed by atoms with Crippen molar-refractivity contribution in [2.45, 2.75) is 19.4 Å². The van der Waals surface area contributed by atoms with Crippen molar-refractivity contribution in [2.75, 3.05) is 6.79 Å². The second-order valence-corrected chi connectivity index (χ2v) is 6.53. The molecular formula is C19H17FN2O3. The van der Waals surface area contributed by atoms with E-state index in [-0.39, 0.29) is 18.5 Å². The summed E-state index contributed by atoms with van der Waals surface area (Å²) in [5.74, 6) is 0.686. The van der Waals surface area contributed by atoms with Gasteiger partial charge in [0.2, 0.25) is 6.79 Å². The van der Waals surface area contributed by atoms with E-state index in [9.17, 15) is 9.18 Å². The topological polar surface area (TPSA) is 63.4 Å². The van der Waals surface area contributed by atoms with Crippen LogP contribution in [-0.4, -0.2) is 17.7 Å². The van der Waals surface area contributed by atoms with Crippen molar-refractivity contribution in [2.24, 2.45) is 0 Å². The van der Waals surface area contributed by atoms with E-state index in [1.165, 1.54) is 12.1 Å². The molecule has 0 fully saturated rings. The summed E-state index contributed by atoms with van der Waals surface area (Å²) in [6.45, 7) is 3.99. The molecular weight excluding hydrogens is 323 g/mol. The molecule has 3 aromatic rings. The zero-order chi connectivity index (χ0) is 17.6. The van der Waals surface area contributed by atoms with Gasteiger partial charge in [-0.1, -0.05) is 12.1 Å². The Morgan fingerprint density at radius 1 is 1.16 bits per heavy atom. The van der Waals surface area contributed by atoms with Gasteiger partial charge < -0.3 is 19.8 Å². The fraction of sp³-hybridized carbons (Fsp3) is 0.211. The van der Waals surface area contributed by atoms with Gasteiger partial charge in [0.05, 0.1) is 5.54 Å². The van der Waals surface area contributed by atoms with E-state index >= 15 is 0 Å². The summed E-state index contributed by atoms with van der Waals surface area (Å²) in [5.41, 5.74) is 1.14. The number of H-pyrrole nitrogens is 1. The lowest BCUT2D eigenvalue weighted by molar-refractivity contribution is 0.0907. The summed E-state index contributed by atoms with van der Waals surface area (Å²) in [4.78, 5) is 15.6. The molecule has 128 valence electrons. The highest BCUT2D eigenvalue weighted by Crippen LogP contribution is 2.35. The Labute approximate surface area is 143 Å². The molecule has 2 aromatic carbocycles. The van der Waals surface area contributed by atoms with E-state index < -0.39 is 5.54 Å². The first kappa shape index (κ1) is 15.5. The second-order valence-electron chi connectivity index (χ2n) is 6.53. The molecule has 0 saturated heterocycles. The minimum atomic E-state index is -0.645. The molecule has 1 amide bonds. The molecule has 1 aliphatic heterocycles. The van der Waals surface area contributed by atoms with Crippen molar-refractivity contribution in [1.82, 2.24) is 10.3 Å². The Balaban J connectivity index is 1.61. The van der Waals surface area contributed by atoms with Crippen LogP contribution in [0.25, 0.3) is 10.9 Å². The number of nitrogens with one attached hydrogen (secondary N) is 2. The highest BCUT2D eigenvalue weighted by atomic mass is 19.1. The summed E-state index contributed by atoms with van der Waals surface area (Å²) < 4.78 is 24.5. The predicted octanol–water partition coefficient (Wildman–Crippen LogP) is 3.70. The van der Waals surface area contributed by atoms with Crippen LogP contribution in [0.15, 0.2) is 42.5 Å². The summed E-state index contributed by atoms with van der Waals surface area (Å²) in [5, 5.41) is 3.37. The number of rotatable bonds is 3. The van der Waals surface area contributed by atoms with Crippen LogP contribution in [-0.2, 0) is 5.54 Å². The molecule has 5 nitrogen and oxygen atoms in total. The molecule has 0 spiro atoms. The average molecular weight is 340 g/mol. The van der Waals surface area contributed by atoms with Gasteiger partial charge in [-0.2, -0.15) is 0 Å². The van der Waals surface area contributed by atoms with Crippen LogP contribution in [0.4, 0.5) is 4.39 Å². The summed E-state index contributed by atoms with van der Waals surface area (Å²) in [6, 6.07) is 11.8. The number of benzene rings is 2. The Kier molecular flexibility index (Phi) is 3.42. The van der Waals surface area contributed by atoms with Crippen molar-refractivity contribution < 1.29 is 18.7 Å². The minimum Gasteiger partial charge on any atom is -0.454 e. The summed E-state index contributed by atoms with van der Waals surface area (Å²) in [7, 11) is 0. The summed E-state index contributed by atoms with van der Waals surface area (Å²) >= 11 is 0. The van der Waals surface area contributed by atoms with E-state index in [4.69, 9.17) is 9.47 Å². The maximum absolute atomic E-state index is 13.8. The maximum Gasteiger partial charge on any atom is 0.268 e. The number of ether oxygens (including phenoxy) is 2. The maximum atomic E-state index is 13.8. The van der Waals surface area contributed by atoms with Gasteiger partial charge in [-0.05, 0) is 49.7 Å². The van der Waals surface area contributed by atoms with Crippen LogP contribution in [0.2, 0.25) is 0 Å². The van der Waals surface area contributed by atoms with Crippen LogP contribution in [0.3, 0.4) is 0 Å². The standard InChI is InChI=1S/C19H17FN2O3/c1-19(2,11-6-7-16-17(8-11)25-10-24-16)22-18(23)15-9-12-13(20)4-3-5-14(12)21-15/h3-9,21H,10H2,1-2H3,(H,22,23). The average Bonchev–Trinajstić information content (AvgIpc) is 3.21. The van der Waals surface area contributed by atoms with Gasteiger partial charge in [-0.25, -0.2) is 4.39 Å². The molecule has 4 rings (SSSR count). The van der Waals surface area contributed by atoms with Crippen LogP contribution < -0.4 is 14.8 Å². The van der Waals surface area contributed by atoms with Gasteiger partial charge in [0.1, 0.15) is 11.5 Å². The predicted molar refractivity (Wildman–Crippen MR) is 91.3 cm³/mol. The SMILES string of the molecule is CC(C)(NC(=O)c1cc2c(F)cccc2[nH]1)c1ccc2c(c1)OCO2. The Bertz CT molecular complexity index is 978. The van der Waals surface area contributed by atoms with Crippen molar-refractivity contribution in [3.8, 4) is 11.5 Å². The number of fused-ring (bicyclic) bond motifs is 2. The quantitative estimate of drug-likeness (QED) is 0.764. The number of halogens is 1.